The van der Waals surface area contributed by atoms with Crippen molar-refractivity contribution in [2.24, 2.45) is 5.92 Å². The zero-order valence-electron chi connectivity index (χ0n) is 16.6. The van der Waals surface area contributed by atoms with Crippen LogP contribution in [0.1, 0.15) is 49.3 Å². The molecule has 2 aromatic rings. The SMILES string of the molecule is C=CCC1CC(c2cccc(Cl)c2)C(c2ccc(Cl)cc2)N(C(CC)CO)C1=O. The first-order chi connectivity index (χ1) is 14.0. The highest BCUT2D eigenvalue weighted by molar-refractivity contribution is 6.30. The molecule has 4 unspecified atom stereocenters. The summed E-state index contributed by atoms with van der Waals surface area (Å²) >= 11 is 12.4. The molecule has 1 fully saturated rings. The molecule has 0 radical (unpaired) electrons. The third-order valence-electron chi connectivity index (χ3n) is 5.84. The number of hydrogen-bond acceptors (Lipinski definition) is 2. The molecule has 0 saturated carbocycles. The number of halogens is 2. The van der Waals surface area contributed by atoms with Crippen LogP contribution in [-0.4, -0.2) is 28.6 Å². The highest BCUT2D eigenvalue weighted by atomic mass is 35.5. The predicted octanol–water partition coefficient (Wildman–Crippen LogP) is 6.01. The van der Waals surface area contributed by atoms with Crippen molar-refractivity contribution in [3.05, 3.63) is 82.4 Å². The van der Waals surface area contributed by atoms with Gasteiger partial charge in [0.05, 0.1) is 18.7 Å². The highest BCUT2D eigenvalue weighted by Gasteiger charge is 2.44. The Kier molecular flexibility index (Phi) is 7.39. The van der Waals surface area contributed by atoms with Crippen LogP contribution in [0.3, 0.4) is 0 Å². The molecule has 3 rings (SSSR count). The van der Waals surface area contributed by atoms with E-state index in [-0.39, 0.29) is 36.4 Å². The lowest BCUT2D eigenvalue weighted by molar-refractivity contribution is -0.148. The average Bonchev–Trinajstić information content (AvgIpc) is 2.72. The van der Waals surface area contributed by atoms with Crippen molar-refractivity contribution in [1.29, 1.82) is 0 Å². The second-order valence-corrected chi connectivity index (χ2v) is 8.48. The number of amides is 1. The van der Waals surface area contributed by atoms with E-state index in [9.17, 15) is 9.90 Å². The van der Waals surface area contributed by atoms with Gasteiger partial charge in [-0.1, -0.05) is 60.5 Å². The van der Waals surface area contributed by atoms with Gasteiger partial charge >= 0.3 is 0 Å². The molecule has 0 aromatic heterocycles. The summed E-state index contributed by atoms with van der Waals surface area (Å²) in [6.45, 7) is 5.77. The van der Waals surface area contributed by atoms with Gasteiger partial charge in [-0.15, -0.1) is 6.58 Å². The van der Waals surface area contributed by atoms with Crippen molar-refractivity contribution in [2.75, 3.05) is 6.61 Å². The Hall–Kier alpha value is -1.81. The van der Waals surface area contributed by atoms with E-state index in [0.29, 0.717) is 29.3 Å². The maximum Gasteiger partial charge on any atom is 0.226 e. The Balaban J connectivity index is 2.16. The lowest BCUT2D eigenvalue weighted by Crippen LogP contribution is -2.52. The van der Waals surface area contributed by atoms with Gasteiger partial charge in [0.15, 0.2) is 0 Å². The summed E-state index contributed by atoms with van der Waals surface area (Å²) in [6.07, 6.45) is 3.80. The smallest absolute Gasteiger partial charge is 0.226 e. The minimum Gasteiger partial charge on any atom is -0.394 e. The molecule has 154 valence electrons. The first kappa shape index (κ1) is 21.9. The normalized spacial score (nSPS) is 23.1. The van der Waals surface area contributed by atoms with Crippen molar-refractivity contribution >= 4 is 29.1 Å². The molecular formula is C24H27Cl2NO2. The van der Waals surface area contributed by atoms with Crippen molar-refractivity contribution in [3.8, 4) is 0 Å². The van der Waals surface area contributed by atoms with E-state index in [0.717, 1.165) is 11.1 Å². The van der Waals surface area contributed by atoms with Gasteiger partial charge in [-0.2, -0.15) is 0 Å². The number of aliphatic hydroxyl groups excluding tert-OH is 1. The van der Waals surface area contributed by atoms with Crippen LogP contribution in [0.15, 0.2) is 61.2 Å². The van der Waals surface area contributed by atoms with E-state index in [1.165, 1.54) is 0 Å². The predicted molar refractivity (Wildman–Crippen MR) is 119 cm³/mol. The molecule has 1 aliphatic heterocycles. The van der Waals surface area contributed by atoms with Gasteiger partial charge in [0.25, 0.3) is 0 Å². The van der Waals surface area contributed by atoms with E-state index < -0.39 is 0 Å². The number of rotatable bonds is 7. The number of likely N-dealkylation sites (tertiary alicyclic amines) is 1. The topological polar surface area (TPSA) is 40.5 Å². The Labute approximate surface area is 182 Å². The van der Waals surface area contributed by atoms with Gasteiger partial charge in [0.1, 0.15) is 0 Å². The average molecular weight is 432 g/mol. The zero-order chi connectivity index (χ0) is 21.0. The van der Waals surface area contributed by atoms with Gasteiger partial charge in [0, 0.05) is 21.9 Å². The molecule has 0 spiro atoms. The zero-order valence-corrected chi connectivity index (χ0v) is 18.1. The van der Waals surface area contributed by atoms with E-state index in [1.807, 2.05) is 54.3 Å². The summed E-state index contributed by atoms with van der Waals surface area (Å²) in [5.74, 6) is -0.0391. The standard InChI is InChI=1S/C24H27Cl2NO2/c1-3-6-18-14-22(17-7-5-8-20(26)13-17)23(16-9-11-19(25)12-10-16)27(24(18)29)21(4-2)15-28/h3,5,7-13,18,21-23,28H,1,4,6,14-15H2,2H3. The summed E-state index contributed by atoms with van der Waals surface area (Å²) in [5.41, 5.74) is 2.11. The third kappa shape index (κ3) is 4.69. The number of hydrogen-bond donors (Lipinski definition) is 1. The minimum atomic E-state index is -0.252. The fourth-order valence-electron chi connectivity index (χ4n) is 4.41. The summed E-state index contributed by atoms with van der Waals surface area (Å²) in [7, 11) is 0. The van der Waals surface area contributed by atoms with Gasteiger partial charge in [0.2, 0.25) is 5.91 Å². The second kappa shape index (κ2) is 9.80. The molecule has 1 amide bonds. The lowest BCUT2D eigenvalue weighted by Gasteiger charge is -2.48. The molecule has 0 bridgehead atoms. The number of allylic oxidation sites excluding steroid dienone is 1. The van der Waals surface area contributed by atoms with Crippen LogP contribution >= 0.6 is 23.2 Å². The van der Waals surface area contributed by atoms with Gasteiger partial charge < -0.3 is 10.0 Å². The third-order valence-corrected chi connectivity index (χ3v) is 6.32. The maximum absolute atomic E-state index is 13.5. The Bertz CT molecular complexity index is 848. The molecule has 1 aliphatic rings. The molecule has 5 heteroatoms. The van der Waals surface area contributed by atoms with E-state index in [2.05, 4.69) is 12.6 Å². The quantitative estimate of drug-likeness (QED) is 0.544. The molecule has 0 aliphatic carbocycles. The van der Waals surface area contributed by atoms with Crippen LogP contribution in [0.2, 0.25) is 10.0 Å². The van der Waals surface area contributed by atoms with Crippen LogP contribution in [0.25, 0.3) is 0 Å². The second-order valence-electron chi connectivity index (χ2n) is 7.61. The summed E-state index contributed by atoms with van der Waals surface area (Å²) in [5, 5.41) is 11.4. The van der Waals surface area contributed by atoms with Crippen molar-refractivity contribution in [2.45, 2.75) is 44.2 Å². The number of benzene rings is 2. The lowest BCUT2D eigenvalue weighted by atomic mass is 9.74. The van der Waals surface area contributed by atoms with Crippen LogP contribution in [0, 0.1) is 5.92 Å². The fraction of sp³-hybridized carbons (Fsp3) is 0.375. The van der Waals surface area contributed by atoms with Crippen molar-refractivity contribution in [3.63, 3.8) is 0 Å². The van der Waals surface area contributed by atoms with Gasteiger partial charge in [-0.05, 0) is 54.7 Å². The molecule has 1 heterocycles. The number of carbonyl (C=O) groups is 1. The molecule has 1 saturated heterocycles. The monoisotopic (exact) mass is 431 g/mol. The Morgan fingerprint density at radius 1 is 1.17 bits per heavy atom. The first-order valence-corrected chi connectivity index (χ1v) is 10.8. The Morgan fingerprint density at radius 3 is 2.48 bits per heavy atom. The van der Waals surface area contributed by atoms with Crippen LogP contribution in [0.4, 0.5) is 0 Å². The molecular weight excluding hydrogens is 405 g/mol. The number of carbonyl (C=O) groups excluding carboxylic acids is 1. The van der Waals surface area contributed by atoms with Crippen molar-refractivity contribution < 1.29 is 9.90 Å². The van der Waals surface area contributed by atoms with Gasteiger partial charge in [-0.25, -0.2) is 0 Å². The number of nitrogens with zero attached hydrogens (tertiary/aromatic N) is 1. The molecule has 4 atom stereocenters. The molecule has 2 aromatic carbocycles. The number of aliphatic hydroxyl groups is 1. The largest absolute Gasteiger partial charge is 0.394 e. The van der Waals surface area contributed by atoms with Gasteiger partial charge in [-0.3, -0.25) is 4.79 Å². The molecule has 3 nitrogen and oxygen atoms in total. The molecule has 29 heavy (non-hydrogen) atoms. The first-order valence-electron chi connectivity index (χ1n) is 10.0. The maximum atomic E-state index is 13.5. The van der Waals surface area contributed by atoms with E-state index in [1.54, 1.807) is 6.08 Å². The van der Waals surface area contributed by atoms with Crippen LogP contribution in [0.5, 0.6) is 0 Å². The fourth-order valence-corrected chi connectivity index (χ4v) is 4.73. The summed E-state index contributed by atoms with van der Waals surface area (Å²) in [4.78, 5) is 15.4. The summed E-state index contributed by atoms with van der Waals surface area (Å²) < 4.78 is 0. The van der Waals surface area contributed by atoms with Crippen molar-refractivity contribution in [1.82, 2.24) is 4.90 Å². The van der Waals surface area contributed by atoms with Crippen LogP contribution in [-0.2, 0) is 4.79 Å². The van der Waals surface area contributed by atoms with Crippen LogP contribution < -0.4 is 0 Å². The molecule has 1 N–H and O–H groups in total. The van der Waals surface area contributed by atoms with E-state index in [4.69, 9.17) is 23.2 Å². The summed E-state index contributed by atoms with van der Waals surface area (Å²) in [6, 6.07) is 15.1. The minimum absolute atomic E-state index is 0.0538. The highest BCUT2D eigenvalue weighted by Crippen LogP contribution is 2.47. The van der Waals surface area contributed by atoms with E-state index >= 15 is 0 Å². The Morgan fingerprint density at radius 2 is 1.90 bits per heavy atom. The number of piperidine rings is 1.